The minimum atomic E-state index is -0.509. The number of anilines is 4. The van der Waals surface area contributed by atoms with Crippen LogP contribution in [-0.4, -0.2) is 39.3 Å². The fraction of sp³-hybridized carbons (Fsp3) is 0.190. The van der Waals surface area contributed by atoms with Crippen molar-refractivity contribution in [2.75, 3.05) is 29.0 Å². The Morgan fingerprint density at radius 2 is 2.06 bits per heavy atom. The van der Waals surface area contributed by atoms with Gasteiger partial charge in [-0.1, -0.05) is 0 Å². The molecule has 0 radical (unpaired) electrons. The molecule has 31 heavy (non-hydrogen) atoms. The summed E-state index contributed by atoms with van der Waals surface area (Å²) < 4.78 is 20.4. The average molecular weight is 420 g/mol. The normalized spacial score (nSPS) is 16.1. The van der Waals surface area contributed by atoms with Gasteiger partial charge in [0, 0.05) is 42.3 Å². The highest BCUT2D eigenvalue weighted by Crippen LogP contribution is 2.30. The summed E-state index contributed by atoms with van der Waals surface area (Å²) in [5.41, 5.74) is 13.2. The van der Waals surface area contributed by atoms with Crippen LogP contribution in [0.15, 0.2) is 48.7 Å². The highest BCUT2D eigenvalue weighted by atomic mass is 19.1. The molecule has 3 heterocycles. The van der Waals surface area contributed by atoms with Crippen LogP contribution < -0.4 is 26.4 Å². The van der Waals surface area contributed by atoms with Gasteiger partial charge in [-0.25, -0.2) is 4.39 Å². The molecule has 10 heteroatoms. The number of nitrogen functional groups attached to an aromatic ring is 1. The Labute approximate surface area is 177 Å². The average Bonchev–Trinajstić information content (AvgIpc) is 3.38. The first-order valence-corrected chi connectivity index (χ1v) is 9.86. The van der Waals surface area contributed by atoms with Gasteiger partial charge in [-0.05, 0) is 36.8 Å². The Hall–Kier alpha value is -3.92. The van der Waals surface area contributed by atoms with Gasteiger partial charge >= 0.3 is 0 Å². The lowest BCUT2D eigenvalue weighted by atomic mass is 10.2. The van der Waals surface area contributed by atoms with E-state index in [-0.39, 0.29) is 17.7 Å². The van der Waals surface area contributed by atoms with Crippen molar-refractivity contribution in [3.63, 3.8) is 0 Å². The Bertz CT molecular complexity index is 1240. The van der Waals surface area contributed by atoms with Crippen LogP contribution in [0.25, 0.3) is 10.9 Å². The lowest BCUT2D eigenvalue weighted by Crippen LogP contribution is -2.27. The molecule has 4 aromatic rings. The van der Waals surface area contributed by atoms with E-state index >= 15 is 0 Å². The summed E-state index contributed by atoms with van der Waals surface area (Å²) in [6, 6.07) is 11.9. The number of aromatic amines is 1. The highest BCUT2D eigenvalue weighted by molar-refractivity contribution is 5.79. The van der Waals surface area contributed by atoms with Crippen molar-refractivity contribution in [2.45, 2.75) is 12.5 Å². The number of fused-ring (bicyclic) bond motifs is 1. The summed E-state index contributed by atoms with van der Waals surface area (Å²) in [4.78, 5) is 10.5. The molecule has 1 atom stereocenters. The van der Waals surface area contributed by atoms with E-state index in [4.69, 9.17) is 16.2 Å². The summed E-state index contributed by atoms with van der Waals surface area (Å²) in [6.45, 7) is 1.52. The van der Waals surface area contributed by atoms with Crippen LogP contribution >= 0.6 is 0 Å². The molecule has 0 amide bonds. The van der Waals surface area contributed by atoms with E-state index in [0.717, 1.165) is 23.9 Å². The maximum atomic E-state index is 14.7. The number of hydrogen-bond acceptors (Lipinski definition) is 8. The number of halogens is 1. The van der Waals surface area contributed by atoms with Crippen LogP contribution in [0.1, 0.15) is 6.42 Å². The molecule has 158 valence electrons. The minimum absolute atomic E-state index is 0.113. The maximum absolute atomic E-state index is 14.7. The van der Waals surface area contributed by atoms with Crippen molar-refractivity contribution in [1.82, 2.24) is 20.2 Å². The maximum Gasteiger partial charge on any atom is 0.223 e. The molecule has 1 fully saturated rings. The van der Waals surface area contributed by atoms with Crippen LogP contribution in [-0.2, 0) is 0 Å². The number of nitrogens with two attached hydrogens (primary N) is 2. The van der Waals surface area contributed by atoms with Crippen molar-refractivity contribution in [1.29, 1.82) is 0 Å². The van der Waals surface area contributed by atoms with Gasteiger partial charge in [-0.3, -0.25) is 5.10 Å². The van der Waals surface area contributed by atoms with Gasteiger partial charge in [-0.2, -0.15) is 15.1 Å². The number of nitrogens with zero attached hydrogens (tertiary/aromatic N) is 4. The molecular weight excluding hydrogens is 399 g/mol. The number of hydrogen-bond donors (Lipinski definition) is 4. The van der Waals surface area contributed by atoms with Crippen molar-refractivity contribution in [2.24, 2.45) is 5.73 Å². The van der Waals surface area contributed by atoms with E-state index < -0.39 is 5.82 Å². The fourth-order valence-corrected chi connectivity index (χ4v) is 3.59. The molecule has 1 aliphatic heterocycles. The van der Waals surface area contributed by atoms with Gasteiger partial charge < -0.3 is 26.4 Å². The zero-order valence-electron chi connectivity index (χ0n) is 16.5. The molecule has 9 nitrogen and oxygen atoms in total. The van der Waals surface area contributed by atoms with Gasteiger partial charge in [0.05, 0.1) is 11.7 Å². The summed E-state index contributed by atoms with van der Waals surface area (Å²) in [7, 11) is 0. The predicted molar refractivity (Wildman–Crippen MR) is 117 cm³/mol. The molecular formula is C21H21FN8O. The molecule has 2 aromatic carbocycles. The van der Waals surface area contributed by atoms with E-state index in [9.17, 15) is 4.39 Å². The van der Waals surface area contributed by atoms with Gasteiger partial charge in [-0.15, -0.1) is 0 Å². The summed E-state index contributed by atoms with van der Waals surface area (Å²) >= 11 is 0. The molecule has 0 aliphatic carbocycles. The first-order chi connectivity index (χ1) is 15.0. The summed E-state index contributed by atoms with van der Waals surface area (Å²) in [5, 5.41) is 10.8. The lowest BCUT2D eigenvalue weighted by Gasteiger charge is -2.18. The topological polar surface area (TPSA) is 131 Å². The van der Waals surface area contributed by atoms with E-state index in [1.165, 1.54) is 6.07 Å². The number of aromatic nitrogens is 4. The number of H-pyrrole nitrogens is 1. The number of benzene rings is 2. The second-order valence-corrected chi connectivity index (χ2v) is 7.46. The molecule has 6 N–H and O–H groups in total. The third kappa shape index (κ3) is 4.05. The second kappa shape index (κ2) is 7.73. The van der Waals surface area contributed by atoms with Crippen LogP contribution in [0.2, 0.25) is 0 Å². The molecule has 5 rings (SSSR count). The molecule has 1 unspecified atom stereocenters. The Kier molecular flexibility index (Phi) is 4.75. The van der Waals surface area contributed by atoms with Crippen LogP contribution in [0.5, 0.6) is 11.5 Å². The molecule has 0 spiro atoms. The summed E-state index contributed by atoms with van der Waals surface area (Å²) in [5.74, 6) is 1.42. The monoisotopic (exact) mass is 420 g/mol. The highest BCUT2D eigenvalue weighted by Gasteiger charge is 2.21. The Balaban J connectivity index is 1.33. The first-order valence-electron chi connectivity index (χ1n) is 9.86. The quantitative estimate of drug-likeness (QED) is 0.387. The van der Waals surface area contributed by atoms with E-state index in [2.05, 4.69) is 30.4 Å². The standard InChI is InChI=1S/C21H21FN8O/c22-16-8-14(1-4-18(16)31-15-2-3-17-12(7-15)10-25-29-17)26-19-9-20(28-21(24)27-19)30-6-5-13(23)11-30/h1-4,7-10,13H,5-6,11,23H2,(H,25,29)(H3,24,26,27,28). The van der Waals surface area contributed by atoms with Gasteiger partial charge in [0.15, 0.2) is 11.6 Å². The van der Waals surface area contributed by atoms with Crippen LogP contribution in [0.4, 0.5) is 27.7 Å². The SMILES string of the molecule is Nc1nc(Nc2ccc(Oc3ccc4[nH]ncc4c3)c(F)c2)cc(N2CCC(N)C2)n1. The van der Waals surface area contributed by atoms with Crippen LogP contribution in [0, 0.1) is 5.82 Å². The first kappa shape index (κ1) is 19.1. The Morgan fingerprint density at radius 3 is 2.87 bits per heavy atom. The van der Waals surface area contributed by atoms with E-state index in [1.54, 1.807) is 36.5 Å². The third-order valence-corrected chi connectivity index (χ3v) is 5.12. The Morgan fingerprint density at radius 1 is 1.16 bits per heavy atom. The largest absolute Gasteiger partial charge is 0.454 e. The summed E-state index contributed by atoms with van der Waals surface area (Å²) in [6.07, 6.45) is 2.58. The third-order valence-electron chi connectivity index (χ3n) is 5.12. The molecule has 2 aromatic heterocycles. The van der Waals surface area contributed by atoms with E-state index in [1.807, 2.05) is 6.07 Å². The lowest BCUT2D eigenvalue weighted by molar-refractivity contribution is 0.443. The van der Waals surface area contributed by atoms with Gasteiger partial charge in [0.2, 0.25) is 5.95 Å². The van der Waals surface area contributed by atoms with Crippen molar-refractivity contribution in [3.8, 4) is 11.5 Å². The zero-order valence-corrected chi connectivity index (χ0v) is 16.5. The molecule has 0 bridgehead atoms. The number of nitrogens with one attached hydrogen (secondary N) is 2. The van der Waals surface area contributed by atoms with Crippen LogP contribution in [0.3, 0.4) is 0 Å². The number of rotatable bonds is 5. The minimum Gasteiger partial charge on any atom is -0.454 e. The number of ether oxygens (including phenoxy) is 1. The van der Waals surface area contributed by atoms with Gasteiger partial charge in [0.1, 0.15) is 17.4 Å². The fourth-order valence-electron chi connectivity index (χ4n) is 3.59. The molecule has 1 saturated heterocycles. The van der Waals surface area contributed by atoms with E-state index in [0.29, 0.717) is 29.6 Å². The van der Waals surface area contributed by atoms with Gasteiger partial charge in [0.25, 0.3) is 0 Å². The van der Waals surface area contributed by atoms with Crippen molar-refractivity contribution < 1.29 is 9.13 Å². The van der Waals surface area contributed by atoms with Crippen molar-refractivity contribution in [3.05, 3.63) is 54.5 Å². The van der Waals surface area contributed by atoms with Crippen molar-refractivity contribution >= 4 is 34.2 Å². The second-order valence-electron chi connectivity index (χ2n) is 7.46. The zero-order chi connectivity index (χ0) is 21.4. The smallest absolute Gasteiger partial charge is 0.223 e. The predicted octanol–water partition coefficient (Wildman–Crippen LogP) is 3.15. The molecule has 1 aliphatic rings. The molecule has 0 saturated carbocycles.